The van der Waals surface area contributed by atoms with Gasteiger partial charge in [0.15, 0.2) is 11.4 Å². The lowest BCUT2D eigenvalue weighted by atomic mass is 10.3. The first-order chi connectivity index (χ1) is 8.56. The molecule has 0 aromatic carbocycles. The van der Waals surface area contributed by atoms with Crippen molar-refractivity contribution < 1.29 is 19.1 Å². The van der Waals surface area contributed by atoms with Gasteiger partial charge in [0, 0.05) is 6.54 Å². The van der Waals surface area contributed by atoms with E-state index in [0.29, 0.717) is 12.4 Å². The third-order valence-corrected chi connectivity index (χ3v) is 2.41. The van der Waals surface area contributed by atoms with Crippen LogP contribution in [0, 0.1) is 6.92 Å². The zero-order valence-corrected chi connectivity index (χ0v) is 11.1. The highest BCUT2D eigenvalue weighted by Gasteiger charge is 2.27. The maximum atomic E-state index is 11.9. The Bertz CT molecular complexity index is 451. The second kappa shape index (κ2) is 6.18. The van der Waals surface area contributed by atoms with Crippen molar-refractivity contribution in [3.8, 4) is 0 Å². The molecule has 0 radical (unpaired) electrons. The van der Waals surface area contributed by atoms with Gasteiger partial charge in [0.25, 0.3) is 0 Å². The summed E-state index contributed by atoms with van der Waals surface area (Å²) in [6, 6.07) is 0. The van der Waals surface area contributed by atoms with Crippen LogP contribution in [-0.2, 0) is 16.0 Å². The van der Waals surface area contributed by atoms with Gasteiger partial charge in [-0.05, 0) is 27.7 Å². The van der Waals surface area contributed by atoms with Crippen LogP contribution in [-0.4, -0.2) is 34.7 Å². The fourth-order valence-electron chi connectivity index (χ4n) is 1.70. The Labute approximate surface area is 106 Å². The molecule has 100 valence electrons. The summed E-state index contributed by atoms with van der Waals surface area (Å²) in [5, 5.41) is 0. The van der Waals surface area contributed by atoms with Crippen molar-refractivity contribution in [2.75, 3.05) is 13.2 Å². The Balaban J connectivity index is 3.25. The molecule has 6 heteroatoms. The van der Waals surface area contributed by atoms with Gasteiger partial charge in [-0.2, -0.15) is 0 Å². The third-order valence-electron chi connectivity index (χ3n) is 2.41. The zero-order valence-electron chi connectivity index (χ0n) is 11.1. The van der Waals surface area contributed by atoms with E-state index in [1.807, 2.05) is 6.92 Å². The highest BCUT2D eigenvalue weighted by Crippen LogP contribution is 2.14. The van der Waals surface area contributed by atoms with E-state index in [1.54, 1.807) is 25.3 Å². The molecule has 18 heavy (non-hydrogen) atoms. The van der Waals surface area contributed by atoms with E-state index in [9.17, 15) is 9.59 Å². The number of esters is 2. The van der Waals surface area contributed by atoms with Crippen LogP contribution in [0.15, 0.2) is 0 Å². The van der Waals surface area contributed by atoms with Gasteiger partial charge >= 0.3 is 11.9 Å². The van der Waals surface area contributed by atoms with Crippen LogP contribution in [0.25, 0.3) is 0 Å². The maximum Gasteiger partial charge on any atom is 0.359 e. The van der Waals surface area contributed by atoms with Crippen LogP contribution in [0.1, 0.15) is 47.6 Å². The number of carbonyl (C=O) groups excluding carboxylic acids is 2. The molecule has 6 nitrogen and oxygen atoms in total. The number of nitrogens with zero attached hydrogens (tertiary/aromatic N) is 2. The molecule has 0 aliphatic heterocycles. The van der Waals surface area contributed by atoms with Gasteiger partial charge in [0.1, 0.15) is 5.82 Å². The molecule has 0 amide bonds. The third kappa shape index (κ3) is 2.69. The van der Waals surface area contributed by atoms with Gasteiger partial charge in [-0.15, -0.1) is 0 Å². The average molecular weight is 254 g/mol. The molecule has 0 saturated heterocycles. The number of imidazole rings is 1. The van der Waals surface area contributed by atoms with E-state index >= 15 is 0 Å². The lowest BCUT2D eigenvalue weighted by Gasteiger charge is -2.07. The van der Waals surface area contributed by atoms with Crippen molar-refractivity contribution in [2.45, 2.75) is 34.2 Å². The monoisotopic (exact) mass is 254 g/mol. The first-order valence-electron chi connectivity index (χ1n) is 5.98. The number of aromatic nitrogens is 2. The smallest absolute Gasteiger partial charge is 0.359 e. The Hall–Kier alpha value is -1.85. The van der Waals surface area contributed by atoms with E-state index in [2.05, 4.69) is 4.98 Å². The molecule has 0 saturated carbocycles. The first kappa shape index (κ1) is 14.2. The molecule has 1 heterocycles. The standard InChI is InChI=1S/C12H18N2O4/c1-5-14-8(4)13-9(11(15)17-6-2)10(14)12(16)18-7-3/h5-7H2,1-4H3. The molecular weight excluding hydrogens is 236 g/mol. The molecule has 0 aliphatic rings. The summed E-state index contributed by atoms with van der Waals surface area (Å²) in [5.74, 6) is -0.567. The SMILES string of the molecule is CCOC(=O)c1nc(C)n(CC)c1C(=O)OCC. The fraction of sp³-hybridized carbons (Fsp3) is 0.583. The average Bonchev–Trinajstić information content (AvgIpc) is 2.66. The van der Waals surface area contributed by atoms with Gasteiger partial charge in [0.05, 0.1) is 13.2 Å². The van der Waals surface area contributed by atoms with Crippen molar-refractivity contribution in [2.24, 2.45) is 0 Å². The van der Waals surface area contributed by atoms with Crippen LogP contribution in [0.3, 0.4) is 0 Å². The van der Waals surface area contributed by atoms with E-state index in [-0.39, 0.29) is 24.6 Å². The summed E-state index contributed by atoms with van der Waals surface area (Å²) >= 11 is 0. The molecule has 0 atom stereocenters. The largest absolute Gasteiger partial charge is 0.461 e. The van der Waals surface area contributed by atoms with Gasteiger partial charge in [-0.25, -0.2) is 14.6 Å². The van der Waals surface area contributed by atoms with Crippen LogP contribution >= 0.6 is 0 Å². The molecule has 0 spiro atoms. The number of hydrogen-bond acceptors (Lipinski definition) is 5. The molecule has 0 unspecified atom stereocenters. The fourth-order valence-corrected chi connectivity index (χ4v) is 1.70. The summed E-state index contributed by atoms with van der Waals surface area (Å²) < 4.78 is 11.5. The highest BCUT2D eigenvalue weighted by molar-refractivity contribution is 6.00. The summed E-state index contributed by atoms with van der Waals surface area (Å²) in [6.45, 7) is 8.02. The second-order valence-corrected chi connectivity index (χ2v) is 3.54. The lowest BCUT2D eigenvalue weighted by Crippen LogP contribution is -2.17. The van der Waals surface area contributed by atoms with E-state index in [0.717, 1.165) is 0 Å². The predicted octanol–water partition coefficient (Wildman–Crippen LogP) is 1.56. The number of ether oxygens (including phenoxy) is 2. The van der Waals surface area contributed by atoms with Gasteiger partial charge < -0.3 is 14.0 Å². The molecule has 1 aromatic rings. The van der Waals surface area contributed by atoms with Gasteiger partial charge in [-0.1, -0.05) is 0 Å². The first-order valence-corrected chi connectivity index (χ1v) is 5.98. The van der Waals surface area contributed by atoms with E-state index in [4.69, 9.17) is 9.47 Å². The Morgan fingerprint density at radius 3 is 2.17 bits per heavy atom. The van der Waals surface area contributed by atoms with Crippen molar-refractivity contribution in [3.63, 3.8) is 0 Å². The molecule has 1 aromatic heterocycles. The normalized spacial score (nSPS) is 10.2. The predicted molar refractivity (Wildman–Crippen MR) is 64.6 cm³/mol. The van der Waals surface area contributed by atoms with Crippen molar-refractivity contribution in [1.82, 2.24) is 9.55 Å². The Morgan fingerprint density at radius 1 is 1.11 bits per heavy atom. The minimum Gasteiger partial charge on any atom is -0.461 e. The Morgan fingerprint density at radius 2 is 1.67 bits per heavy atom. The number of rotatable bonds is 5. The topological polar surface area (TPSA) is 70.4 Å². The van der Waals surface area contributed by atoms with Crippen molar-refractivity contribution in [3.05, 3.63) is 17.2 Å². The van der Waals surface area contributed by atoms with Crippen LogP contribution < -0.4 is 0 Å². The summed E-state index contributed by atoms with van der Waals surface area (Å²) in [7, 11) is 0. The molecule has 0 fully saturated rings. The quantitative estimate of drug-likeness (QED) is 0.746. The van der Waals surface area contributed by atoms with Crippen LogP contribution in [0.5, 0.6) is 0 Å². The molecule has 0 aliphatic carbocycles. The Kier molecular flexibility index (Phi) is 4.88. The van der Waals surface area contributed by atoms with E-state index < -0.39 is 11.9 Å². The molecular formula is C12H18N2O4. The zero-order chi connectivity index (χ0) is 13.7. The number of carbonyl (C=O) groups is 2. The van der Waals surface area contributed by atoms with Crippen LogP contribution in [0.4, 0.5) is 0 Å². The lowest BCUT2D eigenvalue weighted by molar-refractivity contribution is 0.0467. The van der Waals surface area contributed by atoms with Crippen molar-refractivity contribution in [1.29, 1.82) is 0 Å². The molecule has 0 N–H and O–H groups in total. The highest BCUT2D eigenvalue weighted by atomic mass is 16.5. The molecule has 1 rings (SSSR count). The number of hydrogen-bond donors (Lipinski definition) is 0. The molecule has 0 bridgehead atoms. The maximum absolute atomic E-state index is 11.9. The second-order valence-electron chi connectivity index (χ2n) is 3.54. The van der Waals surface area contributed by atoms with Gasteiger partial charge in [0.2, 0.25) is 0 Å². The van der Waals surface area contributed by atoms with Crippen LogP contribution in [0.2, 0.25) is 0 Å². The summed E-state index contributed by atoms with van der Waals surface area (Å²) in [4.78, 5) is 27.7. The minimum absolute atomic E-state index is 0.0228. The summed E-state index contributed by atoms with van der Waals surface area (Å²) in [5.41, 5.74) is 0.185. The van der Waals surface area contributed by atoms with E-state index in [1.165, 1.54) is 0 Å². The van der Waals surface area contributed by atoms with Crippen molar-refractivity contribution >= 4 is 11.9 Å². The minimum atomic E-state index is -0.601. The van der Waals surface area contributed by atoms with Gasteiger partial charge in [-0.3, -0.25) is 0 Å². The number of aryl methyl sites for hydroxylation is 1. The summed E-state index contributed by atoms with van der Waals surface area (Å²) in [6.07, 6.45) is 0.